The molecule has 1 saturated carbocycles. The monoisotopic (exact) mass is 501 g/mol. The van der Waals surface area contributed by atoms with E-state index in [0.29, 0.717) is 28.4 Å². The molecule has 0 amide bonds. The summed E-state index contributed by atoms with van der Waals surface area (Å²) in [6, 6.07) is 11.5. The van der Waals surface area contributed by atoms with Crippen molar-refractivity contribution in [2.45, 2.75) is 52.3 Å². The smallest absolute Gasteiger partial charge is 0.352 e. The van der Waals surface area contributed by atoms with Gasteiger partial charge in [-0.2, -0.15) is 0 Å². The Hall–Kier alpha value is -3.98. The molecule has 0 bridgehead atoms. The number of para-hydroxylation sites is 1. The number of Topliss-reactive ketones (excluding diaryl/α,β-unsaturated/α-hetero) is 2. The molecule has 3 aromatic rings. The lowest BCUT2D eigenvalue weighted by Gasteiger charge is -2.52. The van der Waals surface area contributed by atoms with E-state index in [2.05, 4.69) is 0 Å². The maximum atomic E-state index is 13.9. The zero-order chi connectivity index (χ0) is 26.2. The van der Waals surface area contributed by atoms with Gasteiger partial charge in [0.05, 0.1) is 29.6 Å². The maximum Gasteiger partial charge on any atom is 0.352 e. The number of rotatable bonds is 3. The van der Waals surface area contributed by atoms with Gasteiger partial charge in [-0.15, -0.1) is 0 Å². The fraction of sp³-hybridized carbons (Fsp3) is 0.357. The molecule has 9 heteroatoms. The molecule has 2 aliphatic carbocycles. The topological polar surface area (TPSA) is 116 Å². The summed E-state index contributed by atoms with van der Waals surface area (Å²) in [4.78, 5) is 54.6. The predicted molar refractivity (Wildman–Crippen MR) is 133 cm³/mol. The van der Waals surface area contributed by atoms with Crippen LogP contribution in [0.4, 0.5) is 0 Å². The normalized spacial score (nSPS) is 27.0. The van der Waals surface area contributed by atoms with Gasteiger partial charge in [0, 0.05) is 5.92 Å². The summed E-state index contributed by atoms with van der Waals surface area (Å²) in [5, 5.41) is 9.63. The van der Waals surface area contributed by atoms with Crippen molar-refractivity contribution < 1.29 is 19.1 Å². The quantitative estimate of drug-likeness (QED) is 0.552. The van der Waals surface area contributed by atoms with E-state index in [4.69, 9.17) is 4.42 Å². The highest BCUT2D eigenvalue weighted by Gasteiger charge is 2.61. The van der Waals surface area contributed by atoms with Gasteiger partial charge in [-0.3, -0.25) is 9.59 Å². The van der Waals surface area contributed by atoms with E-state index in [1.807, 2.05) is 12.1 Å². The van der Waals surface area contributed by atoms with Crippen LogP contribution >= 0.6 is 0 Å². The van der Waals surface area contributed by atoms with Crippen LogP contribution < -0.4 is 11.4 Å². The van der Waals surface area contributed by atoms with Crippen LogP contribution in [-0.4, -0.2) is 30.6 Å². The van der Waals surface area contributed by atoms with Crippen molar-refractivity contribution in [3.63, 3.8) is 0 Å². The second-order valence-corrected chi connectivity index (χ2v) is 10.3. The van der Waals surface area contributed by atoms with Crippen molar-refractivity contribution in [2.75, 3.05) is 0 Å². The average molecular weight is 502 g/mol. The van der Waals surface area contributed by atoms with Gasteiger partial charge in [-0.25, -0.2) is 23.5 Å². The molecule has 6 rings (SSSR count). The molecular weight excluding hydrogens is 474 g/mol. The number of fused-ring (bicyclic) bond motifs is 4. The third kappa shape index (κ3) is 3.00. The number of aromatic nitrogens is 3. The Kier molecular flexibility index (Phi) is 5.07. The summed E-state index contributed by atoms with van der Waals surface area (Å²) >= 11 is 0. The minimum absolute atomic E-state index is 0.127. The van der Waals surface area contributed by atoms with Crippen LogP contribution in [0.25, 0.3) is 5.69 Å². The molecule has 1 N–H and O–H groups in total. The highest BCUT2D eigenvalue weighted by atomic mass is 16.4. The number of allylic oxidation sites excluding steroid dienone is 4. The van der Waals surface area contributed by atoms with Gasteiger partial charge < -0.3 is 9.52 Å². The van der Waals surface area contributed by atoms with Crippen molar-refractivity contribution in [2.24, 2.45) is 11.3 Å². The summed E-state index contributed by atoms with van der Waals surface area (Å²) in [6.07, 6.45) is 2.09. The van der Waals surface area contributed by atoms with Gasteiger partial charge in [0.1, 0.15) is 18.1 Å². The molecule has 190 valence electrons. The Bertz CT molecular complexity index is 1650. The van der Waals surface area contributed by atoms with E-state index in [9.17, 15) is 24.3 Å². The standard InChI is InChI=1S/C28H27N3O6/c1-15-16(2)25(34)28(3)20(24(15)33)13-21-19(23(28)22-10-9-18(14-32)37-22)11-12-29-26(35)30(27(36)31(21)29)17-7-5-4-6-8-17/h4-11,20-21,23,32H,12-14H2,1-3H3. The number of benzene rings is 1. The van der Waals surface area contributed by atoms with Gasteiger partial charge >= 0.3 is 11.4 Å². The highest BCUT2D eigenvalue weighted by Crippen LogP contribution is 2.60. The number of nitrogens with zero attached hydrogens (tertiary/aromatic N) is 3. The highest BCUT2D eigenvalue weighted by molar-refractivity contribution is 6.15. The van der Waals surface area contributed by atoms with Crippen LogP contribution in [0.2, 0.25) is 0 Å². The molecule has 3 aliphatic rings. The first-order chi connectivity index (χ1) is 17.7. The van der Waals surface area contributed by atoms with Gasteiger partial charge in [0.15, 0.2) is 11.6 Å². The van der Waals surface area contributed by atoms with E-state index in [1.165, 1.54) is 9.36 Å². The van der Waals surface area contributed by atoms with Crippen molar-refractivity contribution in [3.8, 4) is 5.69 Å². The Morgan fingerprint density at radius 1 is 1.00 bits per heavy atom. The van der Waals surface area contributed by atoms with Crippen molar-refractivity contribution in [1.29, 1.82) is 0 Å². The number of aliphatic hydroxyl groups excluding tert-OH is 1. The minimum Gasteiger partial charge on any atom is -0.463 e. The molecule has 2 aromatic heterocycles. The molecule has 1 fully saturated rings. The van der Waals surface area contributed by atoms with Crippen LogP contribution in [0.3, 0.4) is 0 Å². The van der Waals surface area contributed by atoms with E-state index >= 15 is 0 Å². The molecule has 3 heterocycles. The van der Waals surface area contributed by atoms with Crippen LogP contribution in [-0.2, 0) is 22.7 Å². The number of carbonyl (C=O) groups is 2. The molecular formula is C28H27N3O6. The Labute approximate surface area is 211 Å². The van der Waals surface area contributed by atoms with Crippen LogP contribution in [0.1, 0.15) is 50.7 Å². The lowest BCUT2D eigenvalue weighted by Crippen LogP contribution is -2.55. The van der Waals surface area contributed by atoms with Gasteiger partial charge in [0.2, 0.25) is 0 Å². The molecule has 4 atom stereocenters. The third-order valence-corrected chi connectivity index (χ3v) is 8.57. The lowest BCUT2D eigenvalue weighted by molar-refractivity contribution is -0.140. The maximum absolute atomic E-state index is 13.9. The second kappa shape index (κ2) is 8.01. The number of hydrogen-bond donors (Lipinski definition) is 1. The fourth-order valence-electron chi connectivity index (χ4n) is 6.58. The Morgan fingerprint density at radius 2 is 1.73 bits per heavy atom. The van der Waals surface area contributed by atoms with Crippen LogP contribution in [0.15, 0.2) is 79.3 Å². The predicted octanol–water partition coefficient (Wildman–Crippen LogP) is 2.67. The Morgan fingerprint density at radius 3 is 2.41 bits per heavy atom. The first kappa shape index (κ1) is 23.4. The number of aliphatic hydroxyl groups is 1. The molecule has 1 aromatic carbocycles. The largest absolute Gasteiger partial charge is 0.463 e. The lowest BCUT2D eigenvalue weighted by atomic mass is 9.50. The van der Waals surface area contributed by atoms with Gasteiger partial charge in [-0.05, 0) is 61.3 Å². The molecule has 1 aliphatic heterocycles. The number of hydrogen-bond acceptors (Lipinski definition) is 6. The summed E-state index contributed by atoms with van der Waals surface area (Å²) < 4.78 is 9.94. The Balaban J connectivity index is 1.59. The number of ketones is 2. The molecule has 9 nitrogen and oxygen atoms in total. The first-order valence-electron chi connectivity index (χ1n) is 12.4. The van der Waals surface area contributed by atoms with Gasteiger partial charge in [0.25, 0.3) is 0 Å². The first-order valence-corrected chi connectivity index (χ1v) is 12.4. The molecule has 37 heavy (non-hydrogen) atoms. The summed E-state index contributed by atoms with van der Waals surface area (Å²) in [7, 11) is 0. The van der Waals surface area contributed by atoms with Crippen molar-refractivity contribution in [3.05, 3.63) is 97.7 Å². The van der Waals surface area contributed by atoms with Crippen molar-refractivity contribution in [1.82, 2.24) is 13.9 Å². The fourth-order valence-corrected chi connectivity index (χ4v) is 6.58. The second-order valence-electron chi connectivity index (χ2n) is 10.3. The molecule has 4 unspecified atom stereocenters. The van der Waals surface area contributed by atoms with E-state index in [1.54, 1.807) is 57.2 Å². The molecule has 0 spiro atoms. The zero-order valence-corrected chi connectivity index (χ0v) is 20.8. The summed E-state index contributed by atoms with van der Waals surface area (Å²) in [5.74, 6) is -0.826. The SMILES string of the molecule is CC1=C(C)C(=O)C2(C)C(CC3C(=CCn4c(=O)n(-c5ccccc5)c(=O)n43)C2c2ccc(CO)o2)C1=O. The van der Waals surface area contributed by atoms with Crippen LogP contribution in [0.5, 0.6) is 0 Å². The third-order valence-electron chi connectivity index (χ3n) is 8.57. The minimum atomic E-state index is -1.14. The zero-order valence-electron chi connectivity index (χ0n) is 20.8. The molecule has 0 radical (unpaired) electrons. The van der Waals surface area contributed by atoms with E-state index in [-0.39, 0.29) is 31.1 Å². The van der Waals surface area contributed by atoms with E-state index < -0.39 is 34.7 Å². The van der Waals surface area contributed by atoms with E-state index in [0.717, 1.165) is 10.1 Å². The summed E-state index contributed by atoms with van der Waals surface area (Å²) in [6.45, 7) is 4.98. The average Bonchev–Trinajstić information content (AvgIpc) is 3.48. The number of furan rings is 1. The van der Waals surface area contributed by atoms with Crippen molar-refractivity contribution >= 4 is 11.6 Å². The molecule has 0 saturated heterocycles. The van der Waals surface area contributed by atoms with Crippen LogP contribution in [0, 0.1) is 11.3 Å². The summed E-state index contributed by atoms with van der Waals surface area (Å²) in [5.41, 5.74) is -0.0150. The number of carbonyl (C=O) groups excluding carboxylic acids is 2. The van der Waals surface area contributed by atoms with Gasteiger partial charge in [-0.1, -0.05) is 31.2 Å².